The number of nitrogens with zero attached hydrogens (tertiary/aromatic N) is 1. The van der Waals surface area contributed by atoms with Crippen LogP contribution in [-0.4, -0.2) is 16.2 Å². The van der Waals surface area contributed by atoms with Crippen molar-refractivity contribution in [2.75, 3.05) is 6.61 Å². The molecule has 0 atom stereocenters. The quantitative estimate of drug-likeness (QED) is 0.518. The molecular weight excluding hydrogens is 184 g/mol. The fourth-order valence-electron chi connectivity index (χ4n) is 0.917. The van der Waals surface area contributed by atoms with Crippen LogP contribution in [0.25, 0.3) is 0 Å². The standard InChI is InChI=1S/C9H10N2O3/c1-3-4-14-6-11-5-7(2)8(12)10-9(11)13/h1,5H,4,6H2,2H3,(H,10,12,13). The molecule has 0 radical (unpaired) electrons. The first-order valence-electron chi connectivity index (χ1n) is 3.96. The van der Waals surface area contributed by atoms with Crippen LogP contribution >= 0.6 is 0 Å². The summed E-state index contributed by atoms with van der Waals surface area (Å²) in [5, 5.41) is 0. The van der Waals surface area contributed by atoms with Gasteiger partial charge in [0.05, 0.1) is 0 Å². The zero-order valence-corrected chi connectivity index (χ0v) is 7.74. The minimum atomic E-state index is -0.502. The second-order valence-electron chi connectivity index (χ2n) is 2.72. The number of aromatic amines is 1. The Morgan fingerprint density at radius 2 is 2.36 bits per heavy atom. The van der Waals surface area contributed by atoms with Gasteiger partial charge in [0.25, 0.3) is 5.56 Å². The van der Waals surface area contributed by atoms with Crippen LogP contribution in [0.15, 0.2) is 15.8 Å². The van der Waals surface area contributed by atoms with Crippen molar-refractivity contribution in [1.82, 2.24) is 9.55 Å². The minimum Gasteiger partial charge on any atom is -0.348 e. The summed E-state index contributed by atoms with van der Waals surface area (Å²) in [6, 6.07) is 0. The molecule has 0 saturated carbocycles. The van der Waals surface area contributed by atoms with Gasteiger partial charge in [0.2, 0.25) is 0 Å². The Labute approximate surface area is 80.3 Å². The number of nitrogens with one attached hydrogen (secondary N) is 1. The summed E-state index contributed by atoms with van der Waals surface area (Å²) >= 11 is 0. The van der Waals surface area contributed by atoms with Gasteiger partial charge in [0.15, 0.2) is 0 Å². The summed E-state index contributed by atoms with van der Waals surface area (Å²) in [5.41, 5.74) is -0.435. The Kier molecular flexibility index (Phi) is 3.26. The van der Waals surface area contributed by atoms with Crippen molar-refractivity contribution < 1.29 is 4.74 Å². The molecule has 1 N–H and O–H groups in total. The lowest BCUT2D eigenvalue weighted by molar-refractivity contribution is 0.100. The molecule has 5 nitrogen and oxygen atoms in total. The molecule has 0 aliphatic rings. The van der Waals surface area contributed by atoms with Crippen molar-refractivity contribution in [2.45, 2.75) is 13.7 Å². The molecule has 0 spiro atoms. The molecule has 1 rings (SSSR count). The van der Waals surface area contributed by atoms with E-state index >= 15 is 0 Å². The molecular formula is C9H10N2O3. The molecule has 0 aliphatic heterocycles. The Balaban J connectivity index is 2.89. The topological polar surface area (TPSA) is 64.1 Å². The second-order valence-corrected chi connectivity index (χ2v) is 2.72. The molecule has 0 unspecified atom stereocenters. The summed E-state index contributed by atoms with van der Waals surface area (Å²) in [4.78, 5) is 24.3. The number of hydrogen-bond acceptors (Lipinski definition) is 3. The van der Waals surface area contributed by atoms with Gasteiger partial charge in [-0.05, 0) is 6.92 Å². The van der Waals surface area contributed by atoms with Crippen molar-refractivity contribution in [3.63, 3.8) is 0 Å². The molecule has 0 fully saturated rings. The van der Waals surface area contributed by atoms with Crippen molar-refractivity contribution in [3.8, 4) is 12.3 Å². The Morgan fingerprint density at radius 3 is 3.00 bits per heavy atom. The van der Waals surface area contributed by atoms with Crippen molar-refractivity contribution in [3.05, 3.63) is 32.6 Å². The maximum Gasteiger partial charge on any atom is 0.330 e. The highest BCUT2D eigenvalue weighted by Crippen LogP contribution is 1.85. The maximum absolute atomic E-state index is 11.2. The zero-order valence-electron chi connectivity index (χ0n) is 7.74. The summed E-state index contributed by atoms with van der Waals surface area (Å²) in [6.45, 7) is 1.78. The molecule has 0 aromatic carbocycles. The third kappa shape index (κ3) is 2.34. The van der Waals surface area contributed by atoms with Gasteiger partial charge in [-0.25, -0.2) is 4.79 Å². The number of terminal acetylenes is 1. The number of aromatic nitrogens is 2. The van der Waals surface area contributed by atoms with E-state index in [-0.39, 0.29) is 18.9 Å². The fraction of sp³-hybridized carbons (Fsp3) is 0.333. The first-order valence-corrected chi connectivity index (χ1v) is 3.96. The average molecular weight is 194 g/mol. The van der Waals surface area contributed by atoms with Crippen LogP contribution in [0.4, 0.5) is 0 Å². The third-order valence-electron chi connectivity index (χ3n) is 1.60. The van der Waals surface area contributed by atoms with Crippen molar-refractivity contribution >= 4 is 0 Å². The summed E-state index contributed by atoms with van der Waals surface area (Å²) < 4.78 is 6.19. The Hall–Kier alpha value is -1.80. The van der Waals surface area contributed by atoms with Gasteiger partial charge < -0.3 is 4.74 Å². The summed E-state index contributed by atoms with van der Waals surface area (Å²) in [6.07, 6.45) is 6.39. The zero-order chi connectivity index (χ0) is 10.6. The van der Waals surface area contributed by atoms with Gasteiger partial charge in [-0.2, -0.15) is 0 Å². The number of hydrogen-bond donors (Lipinski definition) is 1. The highest BCUT2D eigenvalue weighted by molar-refractivity contribution is 5.00. The molecule has 1 heterocycles. The molecule has 0 saturated heterocycles. The summed E-state index contributed by atoms with van der Waals surface area (Å²) in [7, 11) is 0. The van der Waals surface area contributed by atoms with Gasteiger partial charge in [-0.3, -0.25) is 14.3 Å². The predicted molar refractivity (Wildman–Crippen MR) is 50.8 cm³/mol. The van der Waals surface area contributed by atoms with Crippen LogP contribution in [0.5, 0.6) is 0 Å². The molecule has 0 amide bonds. The SMILES string of the molecule is C#CCOCn1cc(C)c(=O)[nH]c1=O. The number of ether oxygens (including phenoxy) is 1. The average Bonchev–Trinajstić information content (AvgIpc) is 2.14. The minimum absolute atomic E-state index is 0.0423. The smallest absolute Gasteiger partial charge is 0.330 e. The lowest BCUT2D eigenvalue weighted by Gasteiger charge is -2.04. The van der Waals surface area contributed by atoms with Crippen LogP contribution < -0.4 is 11.2 Å². The molecule has 1 aromatic heterocycles. The normalized spacial score (nSPS) is 9.71. The van der Waals surface area contributed by atoms with E-state index in [4.69, 9.17) is 11.2 Å². The van der Waals surface area contributed by atoms with Gasteiger partial charge >= 0.3 is 5.69 Å². The van der Waals surface area contributed by atoms with Crippen LogP contribution in [0.3, 0.4) is 0 Å². The molecule has 14 heavy (non-hydrogen) atoms. The third-order valence-corrected chi connectivity index (χ3v) is 1.60. The van der Waals surface area contributed by atoms with Crippen LogP contribution in [-0.2, 0) is 11.5 Å². The molecule has 0 aliphatic carbocycles. The number of aryl methyl sites for hydroxylation is 1. The fourth-order valence-corrected chi connectivity index (χ4v) is 0.917. The van der Waals surface area contributed by atoms with Gasteiger partial charge in [-0.15, -0.1) is 6.42 Å². The summed E-state index contributed by atoms with van der Waals surface area (Å²) in [5.74, 6) is 2.27. The van der Waals surface area contributed by atoms with E-state index in [1.165, 1.54) is 10.8 Å². The van der Waals surface area contributed by atoms with Gasteiger partial charge in [0, 0.05) is 11.8 Å². The monoisotopic (exact) mass is 194 g/mol. The van der Waals surface area contributed by atoms with Crippen LogP contribution in [0.1, 0.15) is 5.56 Å². The number of H-pyrrole nitrogens is 1. The second kappa shape index (κ2) is 4.44. The number of rotatable bonds is 3. The molecule has 5 heteroatoms. The Bertz CT molecular complexity index is 464. The van der Waals surface area contributed by atoms with E-state index in [1.54, 1.807) is 6.92 Å². The lowest BCUT2D eigenvalue weighted by Crippen LogP contribution is -2.31. The molecule has 1 aromatic rings. The van der Waals surface area contributed by atoms with E-state index in [9.17, 15) is 9.59 Å². The first-order chi connectivity index (χ1) is 6.65. The first kappa shape index (κ1) is 10.3. The van der Waals surface area contributed by atoms with Gasteiger partial charge in [-0.1, -0.05) is 5.92 Å². The van der Waals surface area contributed by atoms with Crippen LogP contribution in [0, 0.1) is 19.3 Å². The van der Waals surface area contributed by atoms with Crippen LogP contribution in [0.2, 0.25) is 0 Å². The Morgan fingerprint density at radius 1 is 1.64 bits per heavy atom. The lowest BCUT2D eigenvalue weighted by atomic mass is 10.4. The van der Waals surface area contributed by atoms with E-state index in [0.717, 1.165) is 0 Å². The highest BCUT2D eigenvalue weighted by atomic mass is 16.5. The highest BCUT2D eigenvalue weighted by Gasteiger charge is 1.99. The molecule has 74 valence electrons. The van der Waals surface area contributed by atoms with Crippen molar-refractivity contribution in [1.29, 1.82) is 0 Å². The van der Waals surface area contributed by atoms with Gasteiger partial charge in [0.1, 0.15) is 13.3 Å². The van der Waals surface area contributed by atoms with E-state index < -0.39 is 5.69 Å². The maximum atomic E-state index is 11.2. The van der Waals surface area contributed by atoms with E-state index in [1.807, 2.05) is 0 Å². The predicted octanol–water partition coefficient (Wildman–Crippen LogP) is -0.548. The van der Waals surface area contributed by atoms with Crippen molar-refractivity contribution in [2.24, 2.45) is 0 Å². The largest absolute Gasteiger partial charge is 0.348 e. The van der Waals surface area contributed by atoms with E-state index in [2.05, 4.69) is 10.9 Å². The van der Waals surface area contributed by atoms with E-state index in [0.29, 0.717) is 5.56 Å². The molecule has 0 bridgehead atoms.